The molecule has 1 N–H and O–H groups in total. The number of halogens is 2. The fourth-order valence-electron chi connectivity index (χ4n) is 5.26. The first kappa shape index (κ1) is 22.5. The third-order valence-electron chi connectivity index (χ3n) is 7.14. The number of H-pyrrole nitrogens is 1. The van der Waals surface area contributed by atoms with Crippen molar-refractivity contribution in [2.75, 3.05) is 37.6 Å². The van der Waals surface area contributed by atoms with Gasteiger partial charge in [-0.3, -0.25) is 9.80 Å². The minimum Gasteiger partial charge on any atom is -0.338 e. The number of imidazole rings is 1. The molecule has 1 aromatic carbocycles. The molecule has 0 unspecified atom stereocenters. The van der Waals surface area contributed by atoms with Crippen molar-refractivity contribution < 1.29 is 4.39 Å². The monoisotopic (exact) mass is 471 g/mol. The lowest BCUT2D eigenvalue weighted by molar-refractivity contribution is 0.0606. The Kier molecular flexibility index (Phi) is 6.49. The number of aromatic nitrogens is 4. The summed E-state index contributed by atoms with van der Waals surface area (Å²) < 4.78 is 14.3. The van der Waals surface area contributed by atoms with Crippen LogP contribution >= 0.6 is 11.6 Å². The van der Waals surface area contributed by atoms with E-state index in [1.807, 2.05) is 19.1 Å². The molecular weight excluding hydrogens is 441 g/mol. The molecule has 4 heterocycles. The van der Waals surface area contributed by atoms with Gasteiger partial charge in [0.2, 0.25) is 5.95 Å². The molecule has 33 heavy (non-hydrogen) atoms. The number of benzene rings is 1. The van der Waals surface area contributed by atoms with Gasteiger partial charge >= 0.3 is 0 Å². The number of nitrogens with zero attached hydrogens (tertiary/aromatic N) is 6. The lowest BCUT2D eigenvalue weighted by Gasteiger charge is -2.47. The summed E-state index contributed by atoms with van der Waals surface area (Å²) in [5, 5.41) is 0.393. The molecule has 0 spiro atoms. The number of likely N-dealkylation sites (tertiary alicyclic amines) is 1. The third kappa shape index (κ3) is 4.69. The molecular formula is C24H31ClFN7. The molecule has 9 heteroatoms. The molecule has 176 valence electrons. The summed E-state index contributed by atoms with van der Waals surface area (Å²) in [5.41, 5.74) is 3.06. The van der Waals surface area contributed by atoms with Crippen LogP contribution in [-0.4, -0.2) is 74.5 Å². The summed E-state index contributed by atoms with van der Waals surface area (Å²) in [7, 11) is 0. The zero-order valence-corrected chi connectivity index (χ0v) is 20.0. The summed E-state index contributed by atoms with van der Waals surface area (Å²) in [6.07, 6.45) is 4.91. The highest BCUT2D eigenvalue weighted by Gasteiger charge is 2.34. The lowest BCUT2D eigenvalue weighted by atomic mass is 9.98. The van der Waals surface area contributed by atoms with Gasteiger partial charge in [-0.25, -0.2) is 9.37 Å². The van der Waals surface area contributed by atoms with Crippen LogP contribution in [0.25, 0.3) is 11.2 Å². The number of hydrogen-bond donors (Lipinski definition) is 1. The maximum absolute atomic E-state index is 14.3. The Hall–Kier alpha value is -2.29. The topological polar surface area (TPSA) is 64.2 Å². The van der Waals surface area contributed by atoms with E-state index in [9.17, 15) is 4.39 Å². The van der Waals surface area contributed by atoms with Gasteiger partial charge in [0.25, 0.3) is 0 Å². The molecule has 1 atom stereocenters. The lowest BCUT2D eigenvalue weighted by Crippen LogP contribution is -2.58. The highest BCUT2D eigenvalue weighted by molar-refractivity contribution is 6.33. The largest absolute Gasteiger partial charge is 0.338 e. The van der Waals surface area contributed by atoms with Gasteiger partial charge in [0.15, 0.2) is 10.8 Å². The van der Waals surface area contributed by atoms with E-state index in [1.165, 1.54) is 0 Å². The zero-order valence-electron chi connectivity index (χ0n) is 19.3. The van der Waals surface area contributed by atoms with E-state index < -0.39 is 0 Å². The molecule has 0 bridgehead atoms. The molecule has 7 nitrogen and oxygen atoms in total. The van der Waals surface area contributed by atoms with Crippen molar-refractivity contribution in [3.05, 3.63) is 46.6 Å². The quantitative estimate of drug-likeness (QED) is 0.567. The second kappa shape index (κ2) is 9.52. The summed E-state index contributed by atoms with van der Waals surface area (Å²) in [6.45, 7) is 9.63. The summed E-state index contributed by atoms with van der Waals surface area (Å²) in [5.74, 6) is 0.583. The van der Waals surface area contributed by atoms with Gasteiger partial charge in [0.1, 0.15) is 11.3 Å². The average molecular weight is 472 g/mol. The Balaban J connectivity index is 1.20. The van der Waals surface area contributed by atoms with Crippen molar-refractivity contribution in [2.45, 2.75) is 51.7 Å². The molecule has 0 radical (unpaired) electrons. The van der Waals surface area contributed by atoms with Gasteiger partial charge < -0.3 is 9.88 Å². The number of piperazine rings is 1. The summed E-state index contributed by atoms with van der Waals surface area (Å²) >= 11 is 6.33. The first-order valence-electron chi connectivity index (χ1n) is 11.9. The van der Waals surface area contributed by atoms with Gasteiger partial charge in [-0.2, -0.15) is 9.97 Å². The smallest absolute Gasteiger partial charge is 0.228 e. The van der Waals surface area contributed by atoms with Crippen molar-refractivity contribution >= 4 is 28.7 Å². The van der Waals surface area contributed by atoms with Gasteiger partial charge in [0, 0.05) is 43.8 Å². The van der Waals surface area contributed by atoms with Gasteiger partial charge in [-0.15, -0.1) is 0 Å². The first-order chi connectivity index (χ1) is 16.0. The predicted molar refractivity (Wildman–Crippen MR) is 129 cm³/mol. The molecule has 0 amide bonds. The molecule has 2 aliphatic heterocycles. The van der Waals surface area contributed by atoms with Gasteiger partial charge in [-0.1, -0.05) is 30.7 Å². The Labute approximate surface area is 199 Å². The van der Waals surface area contributed by atoms with Crippen LogP contribution in [0.5, 0.6) is 0 Å². The van der Waals surface area contributed by atoms with E-state index in [0.29, 0.717) is 40.9 Å². The first-order valence-corrected chi connectivity index (χ1v) is 12.2. The van der Waals surface area contributed by atoms with Crippen molar-refractivity contribution in [3.8, 4) is 0 Å². The maximum atomic E-state index is 14.3. The van der Waals surface area contributed by atoms with Crippen LogP contribution in [0.1, 0.15) is 37.3 Å². The van der Waals surface area contributed by atoms with Gasteiger partial charge in [0.05, 0.1) is 6.33 Å². The molecule has 3 aromatic rings. The van der Waals surface area contributed by atoms with Crippen molar-refractivity contribution in [1.29, 1.82) is 0 Å². The second-order valence-corrected chi connectivity index (χ2v) is 9.62. The highest BCUT2D eigenvalue weighted by Crippen LogP contribution is 2.27. The Morgan fingerprint density at radius 3 is 2.73 bits per heavy atom. The van der Waals surface area contributed by atoms with Crippen LogP contribution in [-0.2, 0) is 6.54 Å². The number of aryl methyl sites for hydroxylation is 1. The van der Waals surface area contributed by atoms with E-state index in [0.717, 1.165) is 63.1 Å². The number of fused-ring (bicyclic) bond motifs is 1. The number of nitrogens with one attached hydrogen (secondary N) is 1. The minimum absolute atomic E-state index is 0.0880. The molecule has 2 fully saturated rings. The fraction of sp³-hybridized carbons (Fsp3) is 0.542. The maximum Gasteiger partial charge on any atom is 0.228 e. The standard InChI is InChI=1S/C24H31ClFN7/c1-3-18-14-32(24-29-22(25)21-23(30-24)28-15-27-21)10-11-33(18)19-6-8-31(9-7-19)13-17-5-4-16(2)12-20(17)26/h4-5,12,15,18-19H,3,6-11,13-14H2,1-2H3,(H,27,28,29,30)/t18-/m0/s1. The minimum atomic E-state index is -0.0880. The van der Waals surface area contributed by atoms with Crippen LogP contribution in [0.3, 0.4) is 0 Å². The summed E-state index contributed by atoms with van der Waals surface area (Å²) in [4.78, 5) is 23.7. The Bertz CT molecular complexity index is 1110. The van der Waals surface area contributed by atoms with Crippen molar-refractivity contribution in [3.63, 3.8) is 0 Å². The number of piperidine rings is 1. The van der Waals surface area contributed by atoms with Crippen LogP contribution in [0.4, 0.5) is 10.3 Å². The normalized spacial score (nSPS) is 21.2. The number of anilines is 1. The van der Waals surface area contributed by atoms with E-state index in [2.05, 4.69) is 41.6 Å². The molecule has 2 saturated heterocycles. The van der Waals surface area contributed by atoms with Crippen LogP contribution in [0.15, 0.2) is 24.5 Å². The van der Waals surface area contributed by atoms with Crippen LogP contribution in [0, 0.1) is 12.7 Å². The fourth-order valence-corrected chi connectivity index (χ4v) is 5.47. The Morgan fingerprint density at radius 1 is 1.15 bits per heavy atom. The molecule has 2 aliphatic rings. The number of rotatable bonds is 5. The molecule has 0 saturated carbocycles. The van der Waals surface area contributed by atoms with E-state index in [4.69, 9.17) is 11.6 Å². The van der Waals surface area contributed by atoms with Gasteiger partial charge in [-0.05, 0) is 50.9 Å². The van der Waals surface area contributed by atoms with E-state index >= 15 is 0 Å². The third-order valence-corrected chi connectivity index (χ3v) is 7.40. The molecule has 2 aromatic heterocycles. The summed E-state index contributed by atoms with van der Waals surface area (Å²) in [6, 6.07) is 6.57. The Morgan fingerprint density at radius 2 is 1.97 bits per heavy atom. The van der Waals surface area contributed by atoms with Crippen molar-refractivity contribution in [1.82, 2.24) is 29.7 Å². The number of aromatic amines is 1. The second-order valence-electron chi connectivity index (χ2n) is 9.26. The molecule has 0 aliphatic carbocycles. The van der Waals surface area contributed by atoms with Crippen molar-refractivity contribution in [2.24, 2.45) is 0 Å². The van der Waals surface area contributed by atoms with E-state index in [1.54, 1.807) is 12.4 Å². The number of hydrogen-bond acceptors (Lipinski definition) is 6. The average Bonchev–Trinajstić information content (AvgIpc) is 3.30. The van der Waals surface area contributed by atoms with Crippen LogP contribution < -0.4 is 4.90 Å². The zero-order chi connectivity index (χ0) is 22.9. The van der Waals surface area contributed by atoms with E-state index in [-0.39, 0.29) is 5.82 Å². The molecule has 5 rings (SSSR count). The van der Waals surface area contributed by atoms with Crippen LogP contribution in [0.2, 0.25) is 5.15 Å². The predicted octanol–water partition coefficient (Wildman–Crippen LogP) is 4.02. The SMILES string of the molecule is CC[C@H]1CN(c2nc(Cl)c3nc[nH]c3n2)CCN1C1CCN(Cc2ccc(C)cc2F)CC1. The highest BCUT2D eigenvalue weighted by atomic mass is 35.5.